The molecule has 4 amide bonds. The van der Waals surface area contributed by atoms with E-state index in [9.17, 15) is 55.2 Å². The van der Waals surface area contributed by atoms with Crippen LogP contribution >= 0.6 is 27.0 Å². The summed E-state index contributed by atoms with van der Waals surface area (Å²) in [5.41, 5.74) is -1.79. The van der Waals surface area contributed by atoms with E-state index in [1.54, 1.807) is 20.8 Å². The number of ether oxygens (including phenoxy) is 2. The van der Waals surface area contributed by atoms with Gasteiger partial charge in [-0.2, -0.15) is 27.0 Å². The number of nitrogens with one attached hydrogen (secondary N) is 4. The molecule has 2 aliphatic rings. The molecule has 0 bridgehead atoms. The Bertz CT molecular complexity index is 903. The summed E-state index contributed by atoms with van der Waals surface area (Å²) in [7, 11) is 0. The Labute approximate surface area is 282 Å². The summed E-state index contributed by atoms with van der Waals surface area (Å²) in [5, 5.41) is 89.5. The van der Waals surface area contributed by atoms with Gasteiger partial charge in [0.1, 0.15) is 48.8 Å². The second-order valence-electron chi connectivity index (χ2n) is 12.5. The average molecular weight is 706 g/mol. The highest BCUT2D eigenvalue weighted by Crippen LogP contribution is 2.24. The smallest absolute Gasteiger partial charge is 0.315 e. The number of carbonyl (C=O) groups excluding carboxylic acids is 3. The molecule has 0 aromatic carbocycles. The Hall–Kier alpha value is -1.49. The number of urea groups is 1. The second kappa shape index (κ2) is 19.5. The third-order valence-corrected chi connectivity index (χ3v) is 7.47. The van der Waals surface area contributed by atoms with Gasteiger partial charge in [0.05, 0.1) is 38.3 Å². The van der Waals surface area contributed by atoms with Gasteiger partial charge in [-0.15, -0.1) is 0 Å². The quantitative estimate of drug-likeness (QED) is 0.0860. The first-order valence-electron chi connectivity index (χ1n) is 14.5. The fraction of sp³-hybridized carbons (Fsp3) is 0.852. The molecule has 2 aliphatic heterocycles. The standard InChI is InChI=1S/C27H49N4O13.2H2S/c1-26(2,3)30-25(42)31-27(4,5-7-28-17(34)9-13-19(36)23(40)21(38)15(11-32)43-13)6-8-29-18(35)10-14-20(37)24(41)22(39)16(12-33)44-14;;/h13-16,19-24,32-33,36-41H,4-12H2,1-3H3,(H,28,34)(H,29,35)(H2,30,31,42);2*1H2/t13-,14-,15+,16+,19-,20-,21-,22-,23+,24+;;/m0../s1. The molecule has 2 heterocycles. The van der Waals surface area contributed by atoms with E-state index in [0.29, 0.717) is 0 Å². The van der Waals surface area contributed by atoms with Crippen molar-refractivity contribution in [3.8, 4) is 0 Å². The van der Waals surface area contributed by atoms with Gasteiger partial charge in [0.2, 0.25) is 11.8 Å². The maximum atomic E-state index is 12.6. The minimum Gasteiger partial charge on any atom is -0.394 e. The maximum Gasteiger partial charge on any atom is 0.315 e. The Morgan fingerprint density at radius 1 is 0.630 bits per heavy atom. The lowest BCUT2D eigenvalue weighted by atomic mass is 9.92. The third-order valence-electron chi connectivity index (χ3n) is 7.47. The highest BCUT2D eigenvalue weighted by atomic mass is 32.1. The van der Waals surface area contributed by atoms with Crippen LogP contribution in [0.1, 0.15) is 46.5 Å². The SMILES string of the molecule is S.S.[CH2]C(CCNC(=O)C[C@@H]1O[C@H](CO)[C@H](O)[C@H](O)[C@H]1O)(CCNC(=O)C[C@@H]1O[C@H](CO)[C@H](O)[C@H](O)[C@H]1O)NC(=O)NC(C)(C)C. The summed E-state index contributed by atoms with van der Waals surface area (Å²) in [6, 6.07) is -0.548. The number of hydrogen-bond donors (Lipinski definition) is 12. The van der Waals surface area contributed by atoms with Crippen LogP contribution in [-0.4, -0.2) is 157 Å². The van der Waals surface area contributed by atoms with Crippen molar-refractivity contribution in [2.24, 2.45) is 0 Å². The molecule has 0 saturated carbocycles. The van der Waals surface area contributed by atoms with E-state index in [0.717, 1.165) is 0 Å². The summed E-state index contributed by atoms with van der Waals surface area (Å²) >= 11 is 0. The van der Waals surface area contributed by atoms with Gasteiger partial charge in [-0.3, -0.25) is 9.59 Å². The second-order valence-corrected chi connectivity index (χ2v) is 12.5. The van der Waals surface area contributed by atoms with Crippen molar-refractivity contribution in [1.29, 1.82) is 0 Å². The largest absolute Gasteiger partial charge is 0.394 e. The summed E-state index contributed by atoms with van der Waals surface area (Å²) in [5.74, 6) is -1.16. The van der Waals surface area contributed by atoms with Crippen molar-refractivity contribution in [2.45, 2.75) is 119 Å². The van der Waals surface area contributed by atoms with Crippen molar-refractivity contribution in [3.63, 3.8) is 0 Å². The van der Waals surface area contributed by atoms with Crippen molar-refractivity contribution < 1.29 is 64.7 Å². The minimum absolute atomic E-state index is 0. The van der Waals surface area contributed by atoms with Crippen LogP contribution in [0.15, 0.2) is 0 Å². The first-order valence-corrected chi connectivity index (χ1v) is 14.5. The molecular formula is C27H53N4O13S2. The fourth-order valence-corrected chi connectivity index (χ4v) is 4.95. The van der Waals surface area contributed by atoms with E-state index in [2.05, 4.69) is 28.2 Å². The van der Waals surface area contributed by atoms with Gasteiger partial charge < -0.3 is 71.6 Å². The Morgan fingerprint density at radius 2 is 0.978 bits per heavy atom. The Morgan fingerprint density at radius 3 is 1.30 bits per heavy atom. The predicted octanol–water partition coefficient (Wildman–Crippen LogP) is -4.64. The lowest BCUT2D eigenvalue weighted by Crippen LogP contribution is -2.59. The molecule has 0 spiro atoms. The summed E-state index contributed by atoms with van der Waals surface area (Å²) < 4.78 is 10.7. The van der Waals surface area contributed by atoms with E-state index >= 15 is 0 Å². The summed E-state index contributed by atoms with van der Waals surface area (Å²) in [6.07, 6.45) is -14.8. The minimum atomic E-state index is -1.62. The molecule has 17 nitrogen and oxygen atoms in total. The van der Waals surface area contributed by atoms with Crippen LogP contribution in [0.4, 0.5) is 4.79 Å². The number of carbonyl (C=O) groups is 3. The van der Waals surface area contributed by atoms with Crippen LogP contribution in [0.5, 0.6) is 0 Å². The van der Waals surface area contributed by atoms with Crippen LogP contribution in [0.3, 0.4) is 0 Å². The predicted molar refractivity (Wildman–Crippen MR) is 172 cm³/mol. The lowest BCUT2D eigenvalue weighted by molar-refractivity contribution is -0.229. The molecule has 0 aromatic rings. The van der Waals surface area contributed by atoms with Crippen molar-refractivity contribution in [2.75, 3.05) is 26.3 Å². The molecule has 1 radical (unpaired) electrons. The third kappa shape index (κ3) is 13.2. The highest BCUT2D eigenvalue weighted by molar-refractivity contribution is 7.59. The number of rotatable bonds is 13. The molecule has 10 atom stereocenters. The van der Waals surface area contributed by atoms with Crippen LogP contribution < -0.4 is 21.3 Å². The van der Waals surface area contributed by atoms with E-state index in [1.807, 2.05) is 0 Å². The lowest BCUT2D eigenvalue weighted by Gasteiger charge is -2.40. The first kappa shape index (κ1) is 44.5. The van der Waals surface area contributed by atoms with Crippen molar-refractivity contribution >= 4 is 44.8 Å². The first-order chi connectivity index (χ1) is 20.4. The molecule has 0 aromatic heterocycles. The average Bonchev–Trinajstić information content (AvgIpc) is 2.92. The topological polar surface area (TPSA) is 280 Å². The number of aliphatic hydroxyl groups is 8. The monoisotopic (exact) mass is 705 g/mol. The molecule has 271 valence electrons. The maximum absolute atomic E-state index is 12.6. The van der Waals surface area contributed by atoms with Gasteiger partial charge in [-0.25, -0.2) is 4.79 Å². The number of amides is 4. The number of hydrogen-bond acceptors (Lipinski definition) is 13. The zero-order valence-corrected chi connectivity index (χ0v) is 28.3. The normalized spacial score (nSPS) is 31.5. The summed E-state index contributed by atoms with van der Waals surface area (Å²) in [4.78, 5) is 37.8. The fourth-order valence-electron chi connectivity index (χ4n) is 4.95. The van der Waals surface area contributed by atoms with Crippen LogP contribution in [0.25, 0.3) is 0 Å². The van der Waals surface area contributed by atoms with E-state index in [-0.39, 0.29) is 52.9 Å². The molecule has 12 N–H and O–H groups in total. The van der Waals surface area contributed by atoms with E-state index in [4.69, 9.17) is 9.47 Å². The molecule has 0 unspecified atom stereocenters. The molecule has 19 heteroatoms. The van der Waals surface area contributed by atoms with Crippen molar-refractivity contribution in [3.05, 3.63) is 6.92 Å². The van der Waals surface area contributed by atoms with Crippen LogP contribution in [0, 0.1) is 6.92 Å². The van der Waals surface area contributed by atoms with E-state index in [1.165, 1.54) is 0 Å². The molecule has 2 saturated heterocycles. The molecular weight excluding hydrogens is 652 g/mol. The van der Waals surface area contributed by atoms with Gasteiger partial charge in [-0.1, -0.05) is 0 Å². The van der Waals surface area contributed by atoms with Gasteiger partial charge >= 0.3 is 6.03 Å². The Kier molecular flexibility index (Phi) is 18.9. The number of aliphatic hydroxyl groups excluding tert-OH is 8. The molecule has 2 fully saturated rings. The highest BCUT2D eigenvalue weighted by Gasteiger charge is 2.45. The van der Waals surface area contributed by atoms with Gasteiger partial charge in [0, 0.05) is 24.2 Å². The van der Waals surface area contributed by atoms with Crippen LogP contribution in [0.2, 0.25) is 0 Å². The molecule has 2 rings (SSSR count). The van der Waals surface area contributed by atoms with Crippen molar-refractivity contribution in [1.82, 2.24) is 21.3 Å². The zero-order chi connectivity index (χ0) is 33.4. The molecule has 0 aliphatic carbocycles. The van der Waals surface area contributed by atoms with E-state index < -0.39 is 116 Å². The van der Waals surface area contributed by atoms with Gasteiger partial charge in [0.15, 0.2) is 0 Å². The summed E-state index contributed by atoms with van der Waals surface area (Å²) in [6.45, 7) is 8.13. The Balaban J connectivity index is 0.0000101. The van der Waals surface area contributed by atoms with Gasteiger partial charge in [0.25, 0.3) is 0 Å². The van der Waals surface area contributed by atoms with Gasteiger partial charge in [-0.05, 0) is 40.5 Å². The zero-order valence-electron chi connectivity index (χ0n) is 26.3. The molecule has 46 heavy (non-hydrogen) atoms. The van der Waals surface area contributed by atoms with Crippen LogP contribution in [-0.2, 0) is 19.1 Å².